The van der Waals surface area contributed by atoms with Gasteiger partial charge in [0.1, 0.15) is 17.3 Å². The molecule has 2 saturated heterocycles. The Morgan fingerprint density at radius 2 is 1.92 bits per heavy atom. The molecule has 6 rings (SSSR count). The van der Waals surface area contributed by atoms with Gasteiger partial charge in [-0.3, -0.25) is 9.78 Å². The van der Waals surface area contributed by atoms with E-state index in [-0.39, 0.29) is 11.6 Å². The first-order valence-electron chi connectivity index (χ1n) is 13.4. The Bertz CT molecular complexity index is 1240. The summed E-state index contributed by atoms with van der Waals surface area (Å²) in [5.41, 5.74) is 1.56. The molecule has 9 nitrogen and oxygen atoms in total. The molecule has 2 atom stereocenters. The van der Waals surface area contributed by atoms with Gasteiger partial charge in [-0.05, 0) is 64.0 Å². The van der Waals surface area contributed by atoms with E-state index >= 15 is 0 Å². The van der Waals surface area contributed by atoms with Crippen LogP contribution in [0.4, 0.5) is 11.5 Å². The molecular formula is C27H35N7O2. The number of piperidine rings is 1. The summed E-state index contributed by atoms with van der Waals surface area (Å²) in [5.74, 6) is 2.78. The molecule has 0 spiro atoms. The summed E-state index contributed by atoms with van der Waals surface area (Å²) < 4.78 is 7.76. The van der Waals surface area contributed by atoms with Crippen molar-refractivity contribution < 1.29 is 4.42 Å². The number of hydrogen-bond acceptors (Lipinski definition) is 8. The van der Waals surface area contributed by atoms with Crippen LogP contribution in [-0.2, 0) is 0 Å². The van der Waals surface area contributed by atoms with Crippen LogP contribution in [0.5, 0.6) is 0 Å². The molecule has 0 aromatic carbocycles. The van der Waals surface area contributed by atoms with E-state index in [0.717, 1.165) is 56.6 Å². The maximum atomic E-state index is 13.1. The smallest absolute Gasteiger partial charge is 0.253 e. The molecule has 0 bridgehead atoms. The van der Waals surface area contributed by atoms with Crippen molar-refractivity contribution in [1.82, 2.24) is 24.8 Å². The minimum absolute atomic E-state index is 0.0400. The SMILES string of the molecule is CC(c1cnc(-c2cncc(N3CCCC3)n2)o1)n1ccc(N2CCC[C@@H](NCC3CC3)C2)cc1=O. The second-order valence-corrected chi connectivity index (χ2v) is 10.5. The van der Waals surface area contributed by atoms with Crippen LogP contribution in [0.1, 0.15) is 57.3 Å². The van der Waals surface area contributed by atoms with E-state index in [1.165, 1.54) is 32.1 Å². The van der Waals surface area contributed by atoms with E-state index in [1.807, 2.05) is 19.2 Å². The normalized spacial score (nSPS) is 21.2. The summed E-state index contributed by atoms with van der Waals surface area (Å²) in [6.07, 6.45) is 14.5. The molecule has 1 N–H and O–H groups in total. The quantitative estimate of drug-likeness (QED) is 0.514. The highest BCUT2D eigenvalue weighted by molar-refractivity contribution is 5.51. The highest BCUT2D eigenvalue weighted by atomic mass is 16.4. The van der Waals surface area contributed by atoms with Crippen LogP contribution in [-0.4, -0.2) is 58.3 Å². The van der Waals surface area contributed by atoms with Gasteiger partial charge in [-0.2, -0.15) is 0 Å². The van der Waals surface area contributed by atoms with Crippen molar-refractivity contribution in [3.63, 3.8) is 0 Å². The molecule has 0 radical (unpaired) electrons. The number of nitrogens with zero attached hydrogens (tertiary/aromatic N) is 6. The topological polar surface area (TPSA) is 92.3 Å². The Balaban J connectivity index is 1.15. The lowest BCUT2D eigenvalue weighted by atomic mass is 10.0. The van der Waals surface area contributed by atoms with Crippen LogP contribution in [0.3, 0.4) is 0 Å². The van der Waals surface area contributed by atoms with E-state index < -0.39 is 0 Å². The predicted molar refractivity (Wildman–Crippen MR) is 139 cm³/mol. The van der Waals surface area contributed by atoms with Crippen LogP contribution in [0.25, 0.3) is 11.6 Å². The van der Waals surface area contributed by atoms with Crippen LogP contribution < -0.4 is 20.7 Å². The molecule has 3 aliphatic rings. The standard InChI is InChI=1S/C27H35N7O2/c1-19(24-16-30-27(36-24)23-15-28-17-25(31-23)32-9-2-3-10-32)34-12-8-22(13-26(34)35)33-11-4-5-21(18-33)29-14-20-6-7-20/h8,12-13,15-17,19-21,29H,2-7,9-11,14,18H2,1H3/t19?,21-/m1/s1. The van der Waals surface area contributed by atoms with Crippen LogP contribution in [0.2, 0.25) is 0 Å². The lowest BCUT2D eigenvalue weighted by molar-refractivity contribution is 0.415. The van der Waals surface area contributed by atoms with E-state index in [9.17, 15) is 4.79 Å². The minimum Gasteiger partial charge on any atom is -0.438 e. The summed E-state index contributed by atoms with van der Waals surface area (Å²) in [7, 11) is 0. The van der Waals surface area contributed by atoms with Crippen LogP contribution in [0.15, 0.2) is 46.1 Å². The number of rotatable bonds is 8. The average molecular weight is 490 g/mol. The zero-order valence-electron chi connectivity index (χ0n) is 21.0. The van der Waals surface area contributed by atoms with Gasteiger partial charge in [0.2, 0.25) is 5.89 Å². The Kier molecular flexibility index (Phi) is 6.48. The fraction of sp³-hybridized carbons (Fsp3) is 0.556. The van der Waals surface area contributed by atoms with E-state index in [1.54, 1.807) is 29.2 Å². The number of pyridine rings is 1. The number of oxazole rings is 1. The van der Waals surface area contributed by atoms with Gasteiger partial charge in [-0.25, -0.2) is 9.97 Å². The zero-order valence-corrected chi connectivity index (χ0v) is 21.0. The first-order valence-corrected chi connectivity index (χ1v) is 13.4. The van der Waals surface area contributed by atoms with E-state index in [2.05, 4.69) is 25.1 Å². The molecule has 5 heterocycles. The molecule has 9 heteroatoms. The molecule has 3 aromatic rings. The second kappa shape index (κ2) is 10.0. The molecule has 190 valence electrons. The maximum absolute atomic E-state index is 13.1. The highest BCUT2D eigenvalue weighted by Gasteiger charge is 2.25. The molecule has 36 heavy (non-hydrogen) atoms. The van der Waals surface area contributed by atoms with Gasteiger partial charge in [-0.1, -0.05) is 0 Å². The van der Waals surface area contributed by atoms with Gasteiger partial charge >= 0.3 is 0 Å². The molecule has 1 aliphatic carbocycles. The fourth-order valence-corrected chi connectivity index (χ4v) is 5.32. The third-order valence-corrected chi connectivity index (χ3v) is 7.73. The third kappa shape index (κ3) is 5.02. The number of hydrogen-bond donors (Lipinski definition) is 1. The molecular weight excluding hydrogens is 454 g/mol. The van der Waals surface area contributed by atoms with Gasteiger partial charge in [0.15, 0.2) is 0 Å². The average Bonchev–Trinajstić information content (AvgIpc) is 3.35. The summed E-state index contributed by atoms with van der Waals surface area (Å²) in [6, 6.07) is 4.02. The molecule has 1 unspecified atom stereocenters. The number of aromatic nitrogens is 4. The first kappa shape index (κ1) is 23.2. The van der Waals surface area contributed by atoms with Gasteiger partial charge in [0.05, 0.1) is 24.6 Å². The summed E-state index contributed by atoms with van der Waals surface area (Å²) in [4.78, 5) is 31.2. The lowest BCUT2D eigenvalue weighted by Gasteiger charge is -2.35. The van der Waals surface area contributed by atoms with Crippen LogP contribution >= 0.6 is 0 Å². The van der Waals surface area contributed by atoms with E-state index in [4.69, 9.17) is 9.40 Å². The highest BCUT2D eigenvalue weighted by Crippen LogP contribution is 2.29. The monoisotopic (exact) mass is 489 g/mol. The van der Waals surface area contributed by atoms with E-state index in [0.29, 0.717) is 23.4 Å². The van der Waals surface area contributed by atoms with Gasteiger partial charge < -0.3 is 24.1 Å². The van der Waals surface area contributed by atoms with Crippen molar-refractivity contribution in [2.75, 3.05) is 42.5 Å². The molecule has 3 aromatic heterocycles. The van der Waals surface area contributed by atoms with Crippen molar-refractivity contribution in [1.29, 1.82) is 0 Å². The summed E-state index contributed by atoms with van der Waals surface area (Å²) in [6.45, 7) is 7.03. The van der Waals surface area contributed by atoms with Crippen molar-refractivity contribution in [2.24, 2.45) is 5.92 Å². The van der Waals surface area contributed by atoms with Gasteiger partial charge in [-0.15, -0.1) is 0 Å². The fourth-order valence-electron chi connectivity index (χ4n) is 5.32. The Labute approximate surface area is 211 Å². The Morgan fingerprint density at radius 3 is 2.72 bits per heavy atom. The van der Waals surface area contributed by atoms with Crippen molar-refractivity contribution in [2.45, 2.75) is 57.5 Å². The zero-order chi connectivity index (χ0) is 24.5. The summed E-state index contributed by atoms with van der Waals surface area (Å²) >= 11 is 0. The molecule has 0 amide bonds. The Hall–Kier alpha value is -3.20. The van der Waals surface area contributed by atoms with Crippen LogP contribution in [0, 0.1) is 5.92 Å². The molecule has 3 fully saturated rings. The minimum atomic E-state index is -0.281. The molecule has 2 aliphatic heterocycles. The lowest BCUT2D eigenvalue weighted by Crippen LogP contribution is -2.46. The maximum Gasteiger partial charge on any atom is 0.253 e. The third-order valence-electron chi connectivity index (χ3n) is 7.73. The Morgan fingerprint density at radius 1 is 1.08 bits per heavy atom. The van der Waals surface area contributed by atoms with Crippen molar-refractivity contribution in [3.8, 4) is 11.6 Å². The second-order valence-electron chi connectivity index (χ2n) is 10.5. The largest absolute Gasteiger partial charge is 0.438 e. The number of anilines is 2. The van der Waals surface area contributed by atoms with Gasteiger partial charge in [0.25, 0.3) is 5.56 Å². The summed E-state index contributed by atoms with van der Waals surface area (Å²) in [5, 5.41) is 3.73. The van der Waals surface area contributed by atoms with Crippen molar-refractivity contribution >= 4 is 11.5 Å². The predicted octanol–water partition coefficient (Wildman–Crippen LogP) is 3.47. The first-order chi connectivity index (χ1) is 17.6. The number of nitrogens with one attached hydrogen (secondary N) is 1. The van der Waals surface area contributed by atoms with Gasteiger partial charge in [0, 0.05) is 50.2 Å². The molecule has 1 saturated carbocycles. The van der Waals surface area contributed by atoms with Crippen molar-refractivity contribution in [3.05, 3.63) is 53.0 Å².